The van der Waals surface area contributed by atoms with Gasteiger partial charge in [-0.05, 0) is 132 Å². The highest BCUT2D eigenvalue weighted by atomic mass is 35.5. The average Bonchev–Trinajstić information content (AvgIpc) is 3.22. The van der Waals surface area contributed by atoms with Gasteiger partial charge in [-0.25, -0.2) is 13.1 Å². The Balaban J connectivity index is 1.27. The summed E-state index contributed by atoms with van der Waals surface area (Å²) in [4.78, 5) is 18.2. The number of nitrogens with one attached hydrogen (secondary N) is 1. The highest BCUT2D eigenvalue weighted by molar-refractivity contribution is 7.90. The van der Waals surface area contributed by atoms with Gasteiger partial charge >= 0.3 is 0 Å². The molecule has 0 unspecified atom stereocenters. The number of nitrogens with zero attached hydrogens (tertiary/aromatic N) is 2. The topological polar surface area (TPSA) is 97.4 Å². The van der Waals surface area contributed by atoms with E-state index in [1.54, 1.807) is 13.0 Å². The number of carbonyl (C=O) groups is 1. The minimum absolute atomic E-state index is 0.128. The van der Waals surface area contributed by atoms with Crippen LogP contribution in [0.4, 0.5) is 5.69 Å². The van der Waals surface area contributed by atoms with Crippen LogP contribution in [0.1, 0.15) is 87.2 Å². The fourth-order valence-corrected chi connectivity index (χ4v) is 10.6. The molecule has 1 N–H and O–H groups in total. The van der Waals surface area contributed by atoms with Crippen molar-refractivity contribution in [2.45, 2.75) is 94.6 Å². The minimum atomic E-state index is -3.91. The molecule has 2 aromatic carbocycles. The normalized spacial score (nSPS) is 36.0. The second-order valence-electron chi connectivity index (χ2n) is 16.4. The molecule has 3 heterocycles. The standard InChI is InChI=1S/C39H54ClN3O6S/c1-25-8-6-10-32(37-48-22-38(3,23-49-37)42(4)5)31-14-11-29(31)20-43-21-39(17-7-9-27-18-30(40)13-15-33(27)39)24-47-35-16-12-28(19-34(35)43)36(44)41-50(45,46)26(25)2/h12-13,15-16,18-19,25-26,29,31-32,37H,6-11,14,17,20-24H2,1-5H3,(H,41,44)/t25-,26+,29-,31+,32-,37-,38+,39-/m0/s1. The number of hydrogen-bond acceptors (Lipinski definition) is 8. The molecule has 6 atom stereocenters. The van der Waals surface area contributed by atoms with E-state index in [1.807, 2.05) is 25.1 Å². The molecule has 2 fully saturated rings. The Morgan fingerprint density at radius 1 is 0.960 bits per heavy atom. The fraction of sp³-hybridized carbons (Fsp3) is 0.667. The van der Waals surface area contributed by atoms with Gasteiger partial charge in [0.1, 0.15) is 5.75 Å². The van der Waals surface area contributed by atoms with E-state index in [0.29, 0.717) is 37.2 Å². The molecule has 11 heteroatoms. The van der Waals surface area contributed by atoms with Crippen molar-refractivity contribution < 1.29 is 27.4 Å². The van der Waals surface area contributed by atoms with Crippen molar-refractivity contribution in [2.24, 2.45) is 23.7 Å². The summed E-state index contributed by atoms with van der Waals surface area (Å²) in [5.41, 5.74) is 3.29. The van der Waals surface area contributed by atoms with Gasteiger partial charge in [0.25, 0.3) is 5.91 Å². The predicted molar refractivity (Wildman–Crippen MR) is 197 cm³/mol. The van der Waals surface area contributed by atoms with E-state index in [2.05, 4.69) is 47.7 Å². The van der Waals surface area contributed by atoms with E-state index in [0.717, 1.165) is 80.9 Å². The van der Waals surface area contributed by atoms with Crippen LogP contribution in [0.2, 0.25) is 5.02 Å². The Morgan fingerprint density at radius 3 is 2.46 bits per heavy atom. The SMILES string of the molecule is C[C@@H]1[C@@H](C)CCC[C@H]([C@H]2OC[C@@](C)(N(C)C)CO2)[C@@H]2CC[C@H]2CN2C[C@@]3(CCCc4cc(Cl)ccc43)COc3ccc(cc32)C(=O)NS1(=O)=O. The van der Waals surface area contributed by atoms with Crippen molar-refractivity contribution in [3.63, 3.8) is 0 Å². The lowest BCUT2D eigenvalue weighted by Gasteiger charge is -2.50. The van der Waals surface area contributed by atoms with Gasteiger partial charge in [0.2, 0.25) is 10.0 Å². The number of aryl methyl sites for hydroxylation is 1. The molecule has 2 aliphatic carbocycles. The molecule has 1 saturated heterocycles. The second-order valence-corrected chi connectivity index (χ2v) is 18.9. The van der Waals surface area contributed by atoms with E-state index in [1.165, 1.54) is 11.1 Å². The van der Waals surface area contributed by atoms with Gasteiger partial charge < -0.3 is 19.1 Å². The number of carbonyl (C=O) groups excluding carboxylic acids is 1. The maximum atomic E-state index is 13.6. The Labute approximate surface area is 303 Å². The van der Waals surface area contributed by atoms with Crippen LogP contribution in [-0.4, -0.2) is 83.3 Å². The lowest BCUT2D eigenvalue weighted by Crippen LogP contribution is -2.57. The average molecular weight is 728 g/mol. The third kappa shape index (κ3) is 6.80. The number of amides is 1. The molecule has 0 radical (unpaired) electrons. The summed E-state index contributed by atoms with van der Waals surface area (Å²) in [5.74, 6) is 1.01. The van der Waals surface area contributed by atoms with Crippen LogP contribution in [0.15, 0.2) is 36.4 Å². The van der Waals surface area contributed by atoms with Crippen LogP contribution in [-0.2, 0) is 31.3 Å². The Morgan fingerprint density at radius 2 is 1.74 bits per heavy atom. The van der Waals surface area contributed by atoms with Gasteiger partial charge in [0.05, 0.1) is 36.3 Å². The molecule has 2 aromatic rings. The number of fused-ring (bicyclic) bond motifs is 4. The molecule has 1 saturated carbocycles. The van der Waals surface area contributed by atoms with Crippen LogP contribution in [0, 0.1) is 23.7 Å². The molecule has 3 aliphatic heterocycles. The number of hydrogen-bond donors (Lipinski definition) is 1. The van der Waals surface area contributed by atoms with Gasteiger partial charge in [-0.2, -0.15) is 0 Å². The molecule has 1 amide bonds. The van der Waals surface area contributed by atoms with Gasteiger partial charge in [-0.3, -0.25) is 9.69 Å². The number of anilines is 1. The first-order valence-corrected chi connectivity index (χ1v) is 20.5. The quantitative estimate of drug-likeness (QED) is 0.379. The summed E-state index contributed by atoms with van der Waals surface area (Å²) >= 11 is 6.48. The summed E-state index contributed by atoms with van der Waals surface area (Å²) in [7, 11) is 0.230. The fourth-order valence-electron chi connectivity index (χ4n) is 9.09. The highest BCUT2D eigenvalue weighted by Crippen LogP contribution is 2.49. The smallest absolute Gasteiger partial charge is 0.264 e. The molecule has 50 heavy (non-hydrogen) atoms. The Bertz CT molecular complexity index is 1690. The molecular formula is C39H54ClN3O6S. The zero-order valence-corrected chi connectivity index (χ0v) is 31.8. The van der Waals surface area contributed by atoms with Gasteiger partial charge in [-0.15, -0.1) is 0 Å². The van der Waals surface area contributed by atoms with Crippen LogP contribution < -0.4 is 14.4 Å². The third-order valence-electron chi connectivity index (χ3n) is 13.0. The largest absolute Gasteiger partial charge is 0.490 e. The number of rotatable bonds is 2. The molecule has 7 rings (SSSR count). The van der Waals surface area contributed by atoms with Gasteiger partial charge in [0, 0.05) is 35.0 Å². The summed E-state index contributed by atoms with van der Waals surface area (Å²) in [6.45, 7) is 9.13. The van der Waals surface area contributed by atoms with Gasteiger partial charge in [-0.1, -0.05) is 31.0 Å². The van der Waals surface area contributed by atoms with Crippen LogP contribution in [0.3, 0.4) is 0 Å². The number of likely N-dealkylation sites (N-methyl/N-ethyl adjacent to an activating group) is 1. The first kappa shape index (κ1) is 36.0. The van der Waals surface area contributed by atoms with E-state index in [4.69, 9.17) is 25.8 Å². The molecule has 9 nitrogen and oxygen atoms in total. The zero-order valence-electron chi connectivity index (χ0n) is 30.3. The van der Waals surface area contributed by atoms with Crippen LogP contribution in [0.5, 0.6) is 5.75 Å². The first-order chi connectivity index (χ1) is 23.8. The van der Waals surface area contributed by atoms with E-state index in [9.17, 15) is 13.2 Å². The number of benzene rings is 2. The lowest BCUT2D eigenvalue weighted by atomic mass is 9.64. The second kappa shape index (κ2) is 13.9. The summed E-state index contributed by atoms with van der Waals surface area (Å²) in [5, 5.41) is 0.0250. The Hall–Kier alpha value is -2.37. The lowest BCUT2D eigenvalue weighted by molar-refractivity contribution is -0.260. The molecular weight excluding hydrogens is 674 g/mol. The third-order valence-corrected chi connectivity index (χ3v) is 15.2. The molecule has 2 bridgehead atoms. The van der Waals surface area contributed by atoms with Crippen molar-refractivity contribution in [2.75, 3.05) is 51.9 Å². The summed E-state index contributed by atoms with van der Waals surface area (Å²) in [6, 6.07) is 11.6. The highest BCUT2D eigenvalue weighted by Gasteiger charge is 2.48. The van der Waals surface area contributed by atoms with Gasteiger partial charge in [0.15, 0.2) is 6.29 Å². The van der Waals surface area contributed by atoms with Crippen molar-refractivity contribution in [3.8, 4) is 5.75 Å². The first-order valence-electron chi connectivity index (χ1n) is 18.6. The maximum Gasteiger partial charge on any atom is 0.264 e. The zero-order chi connectivity index (χ0) is 35.4. The molecule has 1 spiro atoms. The summed E-state index contributed by atoms with van der Waals surface area (Å²) in [6.07, 6.45) is 7.44. The Kier molecular flexibility index (Phi) is 10.00. The summed E-state index contributed by atoms with van der Waals surface area (Å²) < 4.78 is 49.3. The molecule has 0 aromatic heterocycles. The van der Waals surface area contributed by atoms with Crippen molar-refractivity contribution in [3.05, 3.63) is 58.1 Å². The van der Waals surface area contributed by atoms with Crippen LogP contribution >= 0.6 is 11.6 Å². The van der Waals surface area contributed by atoms with E-state index in [-0.39, 0.29) is 29.1 Å². The monoisotopic (exact) mass is 727 g/mol. The maximum absolute atomic E-state index is 13.6. The van der Waals surface area contributed by atoms with Crippen molar-refractivity contribution in [1.29, 1.82) is 0 Å². The van der Waals surface area contributed by atoms with E-state index < -0.39 is 21.2 Å². The molecule has 5 aliphatic rings. The number of ether oxygens (including phenoxy) is 3. The van der Waals surface area contributed by atoms with E-state index >= 15 is 0 Å². The number of halogens is 1. The molecule has 274 valence electrons. The van der Waals surface area contributed by atoms with Crippen molar-refractivity contribution in [1.82, 2.24) is 9.62 Å². The number of sulfonamides is 1. The van der Waals surface area contributed by atoms with Crippen molar-refractivity contribution >= 4 is 33.2 Å². The predicted octanol–water partition coefficient (Wildman–Crippen LogP) is 6.42. The van der Waals surface area contributed by atoms with Crippen LogP contribution in [0.25, 0.3) is 0 Å². The minimum Gasteiger partial charge on any atom is -0.490 e.